The van der Waals surface area contributed by atoms with E-state index < -0.39 is 6.61 Å². The maximum absolute atomic E-state index is 12.6. The van der Waals surface area contributed by atoms with Crippen molar-refractivity contribution < 1.29 is 14.7 Å². The number of amides is 1. The molecule has 2 aliphatic rings. The highest BCUT2D eigenvalue weighted by Crippen LogP contribution is 2.44. The molecular weight excluding hydrogens is 398 g/mol. The van der Waals surface area contributed by atoms with Crippen molar-refractivity contribution in [1.29, 1.82) is 0 Å². The van der Waals surface area contributed by atoms with Gasteiger partial charge in [0.1, 0.15) is 12.4 Å². The molecule has 2 bridgehead atoms. The molecule has 5 heterocycles. The van der Waals surface area contributed by atoms with Crippen LogP contribution in [0, 0.1) is 0 Å². The first-order valence-corrected chi connectivity index (χ1v) is 10.5. The van der Waals surface area contributed by atoms with Crippen LogP contribution in [0.4, 0.5) is 5.82 Å². The number of carbonyl (C=O) groups is 2. The topological polar surface area (TPSA) is 132 Å². The number of carbonyl (C=O) groups excluding carboxylic acids is 2. The molecule has 3 aromatic heterocycles. The summed E-state index contributed by atoms with van der Waals surface area (Å²) in [5.41, 5.74) is 9.76. The first kappa shape index (κ1) is 19.7. The van der Waals surface area contributed by atoms with Gasteiger partial charge in [0.05, 0.1) is 23.7 Å². The Labute approximate surface area is 178 Å². The van der Waals surface area contributed by atoms with Gasteiger partial charge in [-0.25, -0.2) is 4.98 Å². The minimum atomic E-state index is -0.474. The lowest BCUT2D eigenvalue weighted by Crippen LogP contribution is -2.47. The van der Waals surface area contributed by atoms with Crippen molar-refractivity contribution in [2.24, 2.45) is 7.05 Å². The molecule has 10 nitrogen and oxygen atoms in total. The third-order valence-corrected chi connectivity index (χ3v) is 6.62. The number of aryl methyl sites for hydroxylation is 1. The summed E-state index contributed by atoms with van der Waals surface area (Å²) >= 11 is 0. The Bertz CT molecular complexity index is 1180. The van der Waals surface area contributed by atoms with E-state index in [1.54, 1.807) is 17.1 Å². The molecule has 162 valence electrons. The molecule has 1 amide bonds. The maximum Gasteiger partial charge on any atom is 0.248 e. The van der Waals surface area contributed by atoms with Gasteiger partial charge in [0, 0.05) is 42.4 Å². The van der Waals surface area contributed by atoms with Crippen LogP contribution in [-0.2, 0) is 11.8 Å². The quantitative estimate of drug-likeness (QED) is 0.602. The van der Waals surface area contributed by atoms with Gasteiger partial charge < -0.3 is 15.7 Å². The Morgan fingerprint density at radius 1 is 1.19 bits per heavy atom. The zero-order chi connectivity index (χ0) is 21.9. The number of anilines is 1. The molecule has 0 aliphatic carbocycles. The molecule has 0 radical (unpaired) electrons. The van der Waals surface area contributed by atoms with Gasteiger partial charge >= 0.3 is 0 Å². The van der Waals surface area contributed by atoms with E-state index in [1.807, 2.05) is 18.1 Å². The lowest BCUT2D eigenvalue weighted by Gasteiger charge is -2.39. The summed E-state index contributed by atoms with van der Waals surface area (Å²) in [4.78, 5) is 31.5. The Kier molecular flexibility index (Phi) is 4.54. The normalized spacial score (nSPS) is 22.9. The number of ketones is 1. The van der Waals surface area contributed by atoms with Gasteiger partial charge in [-0.05, 0) is 32.6 Å². The Hall–Kier alpha value is -3.27. The van der Waals surface area contributed by atoms with Crippen LogP contribution in [-0.4, -0.2) is 64.8 Å². The molecule has 5 rings (SSSR count). The van der Waals surface area contributed by atoms with E-state index in [2.05, 4.69) is 10.2 Å². The molecule has 3 aromatic rings. The lowest BCUT2D eigenvalue weighted by molar-refractivity contribution is -0.138. The highest BCUT2D eigenvalue weighted by Gasteiger charge is 2.44. The number of aromatic nitrogens is 5. The minimum Gasteiger partial charge on any atom is -0.387 e. The molecule has 3 atom stereocenters. The van der Waals surface area contributed by atoms with E-state index in [-0.39, 0.29) is 35.5 Å². The Morgan fingerprint density at radius 3 is 2.48 bits per heavy atom. The highest BCUT2D eigenvalue weighted by atomic mass is 16.3. The average Bonchev–Trinajstić information content (AvgIpc) is 3.42. The highest BCUT2D eigenvalue weighted by molar-refractivity contribution is 6.00. The second-order valence-electron chi connectivity index (χ2n) is 8.52. The molecule has 0 aromatic carbocycles. The summed E-state index contributed by atoms with van der Waals surface area (Å²) in [5.74, 6) is -0.0937. The number of nitrogen functional groups attached to an aromatic ring is 1. The molecular formula is C21H25N7O3. The zero-order valence-corrected chi connectivity index (χ0v) is 17.5. The van der Waals surface area contributed by atoms with Gasteiger partial charge in [-0.3, -0.25) is 14.3 Å². The largest absolute Gasteiger partial charge is 0.387 e. The van der Waals surface area contributed by atoms with Crippen LogP contribution < -0.4 is 5.73 Å². The van der Waals surface area contributed by atoms with Crippen molar-refractivity contribution >= 4 is 23.2 Å². The van der Waals surface area contributed by atoms with E-state index in [1.165, 1.54) is 11.4 Å². The van der Waals surface area contributed by atoms with Crippen molar-refractivity contribution in [3.8, 4) is 11.1 Å². The van der Waals surface area contributed by atoms with E-state index in [9.17, 15) is 14.7 Å². The second kappa shape index (κ2) is 7.16. The van der Waals surface area contributed by atoms with Gasteiger partial charge in [-0.15, -0.1) is 0 Å². The van der Waals surface area contributed by atoms with Gasteiger partial charge in [0.15, 0.2) is 11.4 Å². The number of aliphatic hydroxyl groups is 1. The second-order valence-corrected chi connectivity index (χ2v) is 8.52. The molecule has 2 saturated heterocycles. The number of fused-ring (bicyclic) bond motifs is 3. The zero-order valence-electron chi connectivity index (χ0n) is 17.5. The number of nitrogens with two attached hydrogens (primary N) is 1. The summed E-state index contributed by atoms with van der Waals surface area (Å²) < 4.78 is 3.22. The Balaban J connectivity index is 1.62. The molecule has 0 saturated carbocycles. The minimum absolute atomic E-state index is 0.00286. The standard InChI is InChI=1S/C21H25N7O3/c1-11(30)18-19(12-5-14-3-4-15(6-12)27(14)17(31)10-29)25-21-16(8-24-28(21)20(18)22)13-7-23-26(2)9-13/h7-9,12,14-15,29H,3-6,10,22H2,1-2H3/t12?,14-,15+. The third-order valence-electron chi connectivity index (χ3n) is 6.62. The molecule has 0 spiro atoms. The average molecular weight is 423 g/mol. The van der Waals surface area contributed by atoms with Crippen molar-refractivity contribution in [2.75, 3.05) is 12.3 Å². The first-order chi connectivity index (χ1) is 14.9. The third kappa shape index (κ3) is 3.01. The SMILES string of the molecule is CC(=O)c1c(C2C[C@H]3CC[C@@H](C2)N3C(=O)CO)nc2c(-c3cnn(C)c3)cnn2c1N. The summed E-state index contributed by atoms with van der Waals surface area (Å²) in [6.45, 7) is 1.02. The molecule has 2 fully saturated rings. The Morgan fingerprint density at radius 2 is 1.90 bits per heavy atom. The number of piperidine rings is 1. The van der Waals surface area contributed by atoms with Crippen LogP contribution in [0.3, 0.4) is 0 Å². The van der Waals surface area contributed by atoms with E-state index in [0.29, 0.717) is 29.7 Å². The van der Waals surface area contributed by atoms with Crippen LogP contribution in [0.1, 0.15) is 54.6 Å². The van der Waals surface area contributed by atoms with Gasteiger partial charge in [-0.2, -0.15) is 14.7 Å². The lowest BCUT2D eigenvalue weighted by atomic mass is 9.85. The van der Waals surface area contributed by atoms with Crippen molar-refractivity contribution in [3.05, 3.63) is 29.8 Å². The van der Waals surface area contributed by atoms with Crippen LogP contribution >= 0.6 is 0 Å². The monoisotopic (exact) mass is 423 g/mol. The number of nitrogens with zero attached hydrogens (tertiary/aromatic N) is 6. The smallest absolute Gasteiger partial charge is 0.248 e. The first-order valence-electron chi connectivity index (χ1n) is 10.5. The van der Waals surface area contributed by atoms with E-state index >= 15 is 0 Å². The van der Waals surface area contributed by atoms with Crippen LogP contribution in [0.2, 0.25) is 0 Å². The van der Waals surface area contributed by atoms with E-state index in [0.717, 1.165) is 24.0 Å². The number of rotatable bonds is 4. The number of hydrogen-bond acceptors (Lipinski definition) is 7. The van der Waals surface area contributed by atoms with Gasteiger partial charge in [0.25, 0.3) is 0 Å². The van der Waals surface area contributed by atoms with Crippen molar-refractivity contribution in [1.82, 2.24) is 29.3 Å². The summed E-state index contributed by atoms with van der Waals surface area (Å²) in [5, 5.41) is 18.0. The molecule has 1 unspecified atom stereocenters. The molecule has 31 heavy (non-hydrogen) atoms. The fourth-order valence-electron chi connectivity index (χ4n) is 5.34. The fourth-order valence-corrected chi connectivity index (χ4v) is 5.34. The van der Waals surface area contributed by atoms with Crippen molar-refractivity contribution in [2.45, 2.75) is 50.6 Å². The van der Waals surface area contributed by atoms with Crippen LogP contribution in [0.25, 0.3) is 16.8 Å². The molecule has 3 N–H and O–H groups in total. The number of aliphatic hydroxyl groups excluding tert-OH is 1. The predicted molar refractivity (Wildman–Crippen MR) is 112 cm³/mol. The fraction of sp³-hybridized carbons (Fsp3) is 0.476. The predicted octanol–water partition coefficient (Wildman–Crippen LogP) is 1.14. The molecule has 10 heteroatoms. The van der Waals surface area contributed by atoms with Gasteiger partial charge in [0.2, 0.25) is 5.91 Å². The maximum atomic E-state index is 12.6. The number of hydrogen-bond donors (Lipinski definition) is 2. The summed E-state index contributed by atoms with van der Waals surface area (Å²) in [6, 6.07) is 0.0929. The summed E-state index contributed by atoms with van der Waals surface area (Å²) in [7, 11) is 1.84. The number of Topliss-reactive ketones (excluding diaryl/α,β-unsaturated/α-hetero) is 1. The summed E-state index contributed by atoms with van der Waals surface area (Å²) in [6.07, 6.45) is 8.50. The van der Waals surface area contributed by atoms with Crippen LogP contribution in [0.5, 0.6) is 0 Å². The van der Waals surface area contributed by atoms with E-state index in [4.69, 9.17) is 10.7 Å². The molecule has 2 aliphatic heterocycles. The van der Waals surface area contributed by atoms with Crippen LogP contribution in [0.15, 0.2) is 18.6 Å². The van der Waals surface area contributed by atoms with Crippen molar-refractivity contribution in [3.63, 3.8) is 0 Å². The van der Waals surface area contributed by atoms with Gasteiger partial charge in [-0.1, -0.05) is 0 Å².